The van der Waals surface area contributed by atoms with Crippen molar-refractivity contribution < 1.29 is 37.4 Å². The van der Waals surface area contributed by atoms with Crippen LogP contribution in [0.3, 0.4) is 0 Å². The van der Waals surface area contributed by atoms with Gasteiger partial charge in [-0.2, -0.15) is 0 Å². The molecule has 0 spiro atoms. The van der Waals surface area contributed by atoms with Crippen LogP contribution in [0.25, 0.3) is 22.2 Å². The number of nitrogens with one attached hydrogen (secondary N) is 4. The number of unbranched alkanes of at least 4 members (excludes halogenated alkanes) is 2. The second-order valence-electron chi connectivity index (χ2n) is 12.6. The van der Waals surface area contributed by atoms with Crippen molar-refractivity contribution in [3.63, 3.8) is 0 Å². The Labute approximate surface area is 313 Å². The van der Waals surface area contributed by atoms with E-state index >= 15 is 0 Å². The third-order valence-electron chi connectivity index (χ3n) is 6.73. The fourth-order valence-corrected chi connectivity index (χ4v) is 5.20. The first-order valence-corrected chi connectivity index (χ1v) is 18.6. The van der Waals surface area contributed by atoms with E-state index in [9.17, 15) is 22.8 Å². The second-order valence-corrected chi connectivity index (χ2v) is 14.8. The molecular weight excluding hydrogens is 724 g/mol. The molecule has 14 nitrogen and oxygen atoms in total. The average Bonchev–Trinajstić information content (AvgIpc) is 3.06. The van der Waals surface area contributed by atoms with Gasteiger partial charge in [0.2, 0.25) is 10.0 Å². The minimum absolute atomic E-state index is 0.0165. The van der Waals surface area contributed by atoms with E-state index in [1.54, 1.807) is 63.2 Å². The van der Waals surface area contributed by atoms with Gasteiger partial charge in [-0.1, -0.05) is 55.3 Å². The lowest BCUT2D eigenvalue weighted by Crippen LogP contribution is -2.44. The number of carboxylic acids is 1. The highest BCUT2D eigenvalue weighted by molar-refractivity contribution is 7.92. The Kier molecular flexibility index (Phi) is 14.7. The maximum Gasteiger partial charge on any atom is 0.426 e. The Morgan fingerprint density at radius 3 is 2.23 bits per heavy atom. The molecule has 5 N–H and O–H groups in total. The van der Waals surface area contributed by atoms with Crippen LogP contribution in [0.1, 0.15) is 85.7 Å². The smallest absolute Gasteiger partial charge is 0.426 e. The summed E-state index contributed by atoms with van der Waals surface area (Å²) >= 11 is 6.44. The number of hydrazine groups is 1. The van der Waals surface area contributed by atoms with E-state index in [0.717, 1.165) is 32.4 Å². The zero-order chi connectivity index (χ0) is 39.3. The largest absolute Gasteiger partial charge is 0.481 e. The minimum atomic E-state index is -3.63. The Bertz CT molecular complexity index is 2150. The molecule has 0 aliphatic rings. The molecule has 0 fully saturated rings. The zero-order valence-corrected chi connectivity index (χ0v) is 31.7. The van der Waals surface area contributed by atoms with Crippen LogP contribution in [-0.2, 0) is 19.6 Å². The third-order valence-corrected chi connectivity index (χ3v) is 7.62. The summed E-state index contributed by atoms with van der Waals surface area (Å²) in [7, 11) is -3.63. The predicted molar refractivity (Wildman–Crippen MR) is 203 cm³/mol. The molecular formula is C37H41ClN6O8S. The van der Waals surface area contributed by atoms with Crippen molar-refractivity contribution in [2.75, 3.05) is 17.5 Å². The van der Waals surface area contributed by atoms with Crippen LogP contribution in [-0.4, -0.2) is 65.8 Å². The third kappa shape index (κ3) is 14.1. The van der Waals surface area contributed by atoms with E-state index in [1.165, 1.54) is 18.3 Å². The highest BCUT2D eigenvalue weighted by Gasteiger charge is 2.19. The summed E-state index contributed by atoms with van der Waals surface area (Å²) in [4.78, 5) is 55.6. The number of fused-ring (bicyclic) bond motifs is 1. The number of halogens is 1. The van der Waals surface area contributed by atoms with E-state index in [2.05, 4.69) is 49.6 Å². The fraction of sp³-hybridized carbons (Fsp3) is 0.297. The number of carboxylic acid groups (broad SMARTS) is 1. The number of aliphatic carboxylic acids is 1. The van der Waals surface area contributed by atoms with Crippen LogP contribution in [0.2, 0.25) is 5.02 Å². The number of sulfonamides is 1. The topological polar surface area (TPSA) is 206 Å². The lowest BCUT2D eigenvalue weighted by Gasteiger charge is -2.20. The van der Waals surface area contributed by atoms with Crippen molar-refractivity contribution >= 4 is 62.2 Å². The number of hydrogen-bond donors (Lipinski definition) is 5. The normalized spacial score (nSPS) is 10.8. The molecule has 4 aromatic rings. The summed E-state index contributed by atoms with van der Waals surface area (Å²) in [5, 5.41) is 11.0. The van der Waals surface area contributed by atoms with Crippen LogP contribution >= 0.6 is 11.6 Å². The van der Waals surface area contributed by atoms with Gasteiger partial charge in [-0.05, 0) is 63.6 Å². The summed E-state index contributed by atoms with van der Waals surface area (Å²) in [5.74, 6) is 4.42. The average molecular weight is 765 g/mol. The van der Waals surface area contributed by atoms with Gasteiger partial charge < -0.3 is 15.2 Å². The van der Waals surface area contributed by atoms with E-state index in [4.69, 9.17) is 26.2 Å². The number of nitrogens with zero attached hydrogens (tertiary/aromatic N) is 2. The fourth-order valence-electron chi connectivity index (χ4n) is 4.48. The van der Waals surface area contributed by atoms with E-state index in [-0.39, 0.29) is 22.8 Å². The zero-order valence-electron chi connectivity index (χ0n) is 30.1. The molecule has 0 unspecified atom stereocenters. The van der Waals surface area contributed by atoms with Crippen LogP contribution in [0.4, 0.5) is 10.6 Å². The molecule has 2 aromatic carbocycles. The van der Waals surface area contributed by atoms with Crippen LogP contribution in [0.15, 0.2) is 60.8 Å². The SMILES string of the molecule is CC(=O)O.CCCCCNC(=O)c1ccc(C#Cc2ccc(-c3cc(C(=O)NNC(=O)OC(C)(C)C)c4cnc(NS(C)(=O)=O)cc4n3)cc2)c(Cl)c1. The van der Waals surface area contributed by atoms with E-state index < -0.39 is 33.6 Å². The molecule has 0 radical (unpaired) electrons. The maximum absolute atomic E-state index is 13.3. The quantitative estimate of drug-likeness (QED) is 0.0775. The highest BCUT2D eigenvalue weighted by Crippen LogP contribution is 2.27. The first-order valence-electron chi connectivity index (χ1n) is 16.3. The number of benzene rings is 2. The van der Waals surface area contributed by atoms with Gasteiger partial charge in [0.25, 0.3) is 17.8 Å². The molecule has 0 aliphatic carbocycles. The molecule has 2 heterocycles. The number of anilines is 1. The molecule has 16 heteroatoms. The monoisotopic (exact) mass is 764 g/mol. The van der Waals surface area contributed by atoms with Crippen molar-refractivity contribution in [2.45, 2.75) is 59.5 Å². The standard InChI is InChI=1S/C35H37ClN6O6S.C2H4O2/c1-6-7-8-17-37-32(43)25-16-15-23(28(36)18-25)12-9-22-10-13-24(14-11-22)29-19-26(33(44)40-41-34(45)48-35(2,3)4)27-21-38-31(20-30(27)39-29)42-49(5,46)47;1-2(3)4/h10-11,13-16,18-21H,6-8,17H2,1-5H3,(H,37,43)(H,38,42)(H,40,44)(H,41,45);1H3,(H,3,4). The lowest BCUT2D eigenvalue weighted by molar-refractivity contribution is -0.134. The molecule has 280 valence electrons. The Morgan fingerprint density at radius 1 is 0.943 bits per heavy atom. The van der Waals surface area contributed by atoms with Crippen LogP contribution in [0.5, 0.6) is 0 Å². The number of carbonyl (C=O) groups excluding carboxylic acids is 3. The van der Waals surface area contributed by atoms with Gasteiger partial charge in [0.05, 0.1) is 28.1 Å². The van der Waals surface area contributed by atoms with Gasteiger partial charge in [-0.25, -0.2) is 28.6 Å². The Morgan fingerprint density at radius 2 is 1.62 bits per heavy atom. The van der Waals surface area contributed by atoms with Crippen molar-refractivity contribution in [3.05, 3.63) is 88.1 Å². The lowest BCUT2D eigenvalue weighted by atomic mass is 10.0. The second kappa shape index (κ2) is 18.7. The molecule has 0 bridgehead atoms. The summed E-state index contributed by atoms with van der Waals surface area (Å²) < 4.78 is 31.1. The predicted octanol–water partition coefficient (Wildman–Crippen LogP) is 5.90. The van der Waals surface area contributed by atoms with Gasteiger partial charge in [-0.3, -0.25) is 24.5 Å². The van der Waals surface area contributed by atoms with E-state index in [0.29, 0.717) is 44.9 Å². The summed E-state index contributed by atoms with van der Waals surface area (Å²) in [5.41, 5.74) is 6.88. The Balaban J connectivity index is 0.00000180. The van der Waals surface area contributed by atoms with Crippen molar-refractivity contribution in [1.82, 2.24) is 26.1 Å². The molecule has 3 amide bonds. The van der Waals surface area contributed by atoms with Gasteiger partial charge in [-0.15, -0.1) is 0 Å². The molecule has 0 saturated carbocycles. The van der Waals surface area contributed by atoms with Crippen LogP contribution in [0, 0.1) is 11.8 Å². The summed E-state index contributed by atoms with van der Waals surface area (Å²) in [6, 6.07) is 15.0. The molecule has 4 rings (SSSR count). The highest BCUT2D eigenvalue weighted by atomic mass is 35.5. The Hall–Kier alpha value is -5.72. The number of aromatic nitrogens is 2. The van der Waals surface area contributed by atoms with Crippen LogP contribution < -0.4 is 20.9 Å². The molecule has 53 heavy (non-hydrogen) atoms. The summed E-state index contributed by atoms with van der Waals surface area (Å²) in [6.07, 6.45) is 4.49. The van der Waals surface area contributed by atoms with Crippen molar-refractivity contribution in [1.29, 1.82) is 0 Å². The number of rotatable bonds is 9. The van der Waals surface area contributed by atoms with Gasteiger partial charge in [0.1, 0.15) is 11.4 Å². The van der Waals surface area contributed by atoms with Gasteiger partial charge in [0, 0.05) is 53.4 Å². The number of hydrogen-bond acceptors (Lipinski definition) is 9. The van der Waals surface area contributed by atoms with Crippen molar-refractivity contribution in [3.8, 4) is 23.1 Å². The number of carbonyl (C=O) groups is 4. The number of ether oxygens (including phenoxy) is 1. The van der Waals surface area contributed by atoms with Crippen molar-refractivity contribution in [2.24, 2.45) is 0 Å². The first-order chi connectivity index (χ1) is 24.8. The first kappa shape index (κ1) is 41.7. The minimum Gasteiger partial charge on any atom is -0.481 e. The number of pyridine rings is 2. The van der Waals surface area contributed by atoms with Gasteiger partial charge in [0.15, 0.2) is 0 Å². The molecule has 0 saturated heterocycles. The molecule has 2 aromatic heterocycles. The molecule has 0 aliphatic heterocycles. The van der Waals surface area contributed by atoms with Gasteiger partial charge >= 0.3 is 6.09 Å². The summed E-state index contributed by atoms with van der Waals surface area (Å²) in [6.45, 7) is 8.85. The maximum atomic E-state index is 13.3. The van der Waals surface area contributed by atoms with E-state index in [1.807, 2.05) is 0 Å². The molecule has 0 atom stereocenters. The number of amides is 3.